The van der Waals surface area contributed by atoms with Crippen molar-refractivity contribution in [1.29, 1.82) is 0 Å². The molecule has 6 nitrogen and oxygen atoms in total. The molecule has 4 rings (SSSR count). The first-order valence-corrected chi connectivity index (χ1v) is 16.8. The zero-order valence-electron chi connectivity index (χ0n) is 30.2. The lowest BCUT2D eigenvalue weighted by Crippen LogP contribution is -2.20. The fourth-order valence-corrected chi connectivity index (χ4v) is 7.02. The maximum absolute atomic E-state index is 12.5. The summed E-state index contributed by atoms with van der Waals surface area (Å²) in [5, 5.41) is 0. The Morgan fingerprint density at radius 2 is 1.00 bits per heavy atom. The zero-order valence-corrected chi connectivity index (χ0v) is 30.2. The van der Waals surface area contributed by atoms with E-state index in [2.05, 4.69) is 39.8 Å². The molecule has 0 spiro atoms. The summed E-state index contributed by atoms with van der Waals surface area (Å²) in [7, 11) is 0. The van der Waals surface area contributed by atoms with Crippen LogP contribution in [0.1, 0.15) is 109 Å². The second kappa shape index (κ2) is 14.6. The first-order chi connectivity index (χ1) is 21.4. The van der Waals surface area contributed by atoms with Crippen molar-refractivity contribution in [3.63, 3.8) is 0 Å². The average molecular weight is 633 g/mol. The van der Waals surface area contributed by atoms with Crippen LogP contribution >= 0.6 is 0 Å². The number of hydrogen-bond donors (Lipinski definition) is 0. The van der Waals surface area contributed by atoms with Crippen molar-refractivity contribution < 1.29 is 28.7 Å². The van der Waals surface area contributed by atoms with Crippen molar-refractivity contribution in [2.45, 2.75) is 121 Å². The first-order valence-electron chi connectivity index (χ1n) is 16.8. The number of carbonyl (C=O) groups is 4. The normalized spacial score (nSPS) is 29.1. The van der Waals surface area contributed by atoms with Crippen molar-refractivity contribution in [3.8, 4) is 0 Å². The van der Waals surface area contributed by atoms with E-state index in [1.54, 1.807) is 0 Å². The molecule has 0 unspecified atom stereocenters. The van der Waals surface area contributed by atoms with Crippen molar-refractivity contribution in [2.75, 3.05) is 0 Å². The molecule has 0 saturated heterocycles. The maximum Gasteiger partial charge on any atom is 0.310 e. The van der Waals surface area contributed by atoms with E-state index in [0.29, 0.717) is 25.7 Å². The quantitative estimate of drug-likeness (QED) is 0.177. The molecule has 0 radical (unpaired) electrons. The van der Waals surface area contributed by atoms with Crippen molar-refractivity contribution in [2.24, 2.45) is 34.5 Å². The monoisotopic (exact) mass is 632 g/mol. The summed E-state index contributed by atoms with van der Waals surface area (Å²) in [5.41, 5.74) is 5.77. The first kappa shape index (κ1) is 37.2. The van der Waals surface area contributed by atoms with Gasteiger partial charge in [-0.3, -0.25) is 19.2 Å². The number of esters is 2. The van der Waals surface area contributed by atoms with Gasteiger partial charge < -0.3 is 9.47 Å². The van der Waals surface area contributed by atoms with Crippen molar-refractivity contribution in [1.82, 2.24) is 0 Å². The zero-order chi connectivity index (χ0) is 34.7. The molecule has 0 aromatic heterocycles. The molecule has 46 heavy (non-hydrogen) atoms. The van der Waals surface area contributed by atoms with Crippen molar-refractivity contribution in [3.05, 3.63) is 69.9 Å². The molecule has 0 amide bonds. The Hall–Kier alpha value is -3.28. The Morgan fingerprint density at radius 3 is 1.28 bits per heavy atom. The Kier molecular flexibility index (Phi) is 11.8. The molecule has 4 aliphatic carbocycles. The summed E-state index contributed by atoms with van der Waals surface area (Å²) in [6.45, 7) is 24.3. The minimum absolute atomic E-state index is 0.0532. The lowest BCUT2D eigenvalue weighted by Gasteiger charge is -2.13. The predicted octanol–water partition coefficient (Wildman–Crippen LogP) is 8.78. The summed E-state index contributed by atoms with van der Waals surface area (Å²) >= 11 is 0. The van der Waals surface area contributed by atoms with Gasteiger partial charge in [0.25, 0.3) is 0 Å². The molecular weight excluding hydrogens is 576 g/mol. The second-order valence-electron chi connectivity index (χ2n) is 15.1. The largest absolute Gasteiger partial charge is 0.457 e. The lowest BCUT2D eigenvalue weighted by molar-refractivity contribution is -0.151. The number of carbonyl (C=O) groups excluding carboxylic acids is 4. The van der Waals surface area contributed by atoms with Crippen LogP contribution in [0.5, 0.6) is 0 Å². The molecule has 2 saturated carbocycles. The molecule has 6 heteroatoms. The Balaban J connectivity index is 0.000000250. The fraction of sp³-hybridized carbons (Fsp3) is 0.600. The molecule has 252 valence electrons. The van der Waals surface area contributed by atoms with Crippen LogP contribution in [-0.2, 0) is 28.7 Å². The summed E-state index contributed by atoms with van der Waals surface area (Å²) in [6.07, 6.45) is 13.2. The van der Waals surface area contributed by atoms with Crippen LogP contribution in [0, 0.1) is 34.5 Å². The van der Waals surface area contributed by atoms with Gasteiger partial charge in [-0.25, -0.2) is 0 Å². The topological polar surface area (TPSA) is 86.7 Å². The fourth-order valence-electron chi connectivity index (χ4n) is 7.02. The van der Waals surface area contributed by atoms with Gasteiger partial charge in [-0.05, 0) is 102 Å². The summed E-state index contributed by atoms with van der Waals surface area (Å²) < 4.78 is 11.4. The van der Waals surface area contributed by atoms with Gasteiger partial charge in [0.05, 0.1) is 24.7 Å². The third-order valence-electron chi connectivity index (χ3n) is 10.3. The van der Waals surface area contributed by atoms with Gasteiger partial charge in [0, 0.05) is 11.1 Å². The van der Waals surface area contributed by atoms with Crippen LogP contribution < -0.4 is 0 Å². The number of allylic oxidation sites excluding steroid dienone is 10. The predicted molar refractivity (Wildman–Crippen MR) is 184 cm³/mol. The third-order valence-corrected chi connectivity index (χ3v) is 10.3. The van der Waals surface area contributed by atoms with Gasteiger partial charge in [0.2, 0.25) is 0 Å². The highest BCUT2D eigenvalue weighted by molar-refractivity contribution is 6.00. The van der Waals surface area contributed by atoms with Crippen LogP contribution in [0.4, 0.5) is 0 Å². The molecule has 0 aliphatic heterocycles. The number of ketones is 2. The average Bonchev–Trinajstić information content (AvgIpc) is 3.58. The molecule has 0 aromatic carbocycles. The van der Waals surface area contributed by atoms with E-state index < -0.39 is 0 Å². The van der Waals surface area contributed by atoms with E-state index in [1.165, 1.54) is 11.1 Å². The van der Waals surface area contributed by atoms with Crippen LogP contribution in [0.3, 0.4) is 0 Å². The minimum Gasteiger partial charge on any atom is -0.457 e. The molecule has 0 aromatic rings. The van der Waals surface area contributed by atoms with Crippen LogP contribution in [-0.4, -0.2) is 35.7 Å². The number of ether oxygens (including phenoxy) is 2. The molecule has 0 heterocycles. The van der Waals surface area contributed by atoms with E-state index in [0.717, 1.165) is 22.3 Å². The Morgan fingerprint density at radius 1 is 0.674 bits per heavy atom. The molecule has 4 aliphatic rings. The number of hydrogen-bond acceptors (Lipinski definition) is 6. The van der Waals surface area contributed by atoms with Crippen LogP contribution in [0.15, 0.2) is 69.9 Å². The van der Waals surface area contributed by atoms with Gasteiger partial charge >= 0.3 is 11.9 Å². The van der Waals surface area contributed by atoms with Gasteiger partial charge in [0.15, 0.2) is 11.6 Å². The van der Waals surface area contributed by atoms with Gasteiger partial charge in [0.1, 0.15) is 12.2 Å². The minimum atomic E-state index is -0.376. The van der Waals surface area contributed by atoms with Crippen molar-refractivity contribution >= 4 is 23.5 Å². The highest BCUT2D eigenvalue weighted by Gasteiger charge is 2.62. The third kappa shape index (κ3) is 8.16. The highest BCUT2D eigenvalue weighted by atomic mass is 16.5. The molecule has 0 N–H and O–H groups in total. The Bertz CT molecular complexity index is 1310. The Labute approximate surface area is 277 Å². The smallest absolute Gasteiger partial charge is 0.310 e. The van der Waals surface area contributed by atoms with Crippen LogP contribution in [0.2, 0.25) is 0 Å². The summed E-state index contributed by atoms with van der Waals surface area (Å²) in [6, 6.07) is 0. The van der Waals surface area contributed by atoms with E-state index in [1.807, 2.05) is 79.7 Å². The van der Waals surface area contributed by atoms with E-state index in [9.17, 15) is 19.2 Å². The standard InChI is InChI=1S/2C20H28O3/c2*1-7-8-9-14-13(4)17(11-16(14)21)23-19(22)18-15(10-12(2)3)20(18,5)6/h2*7-8,10,15,17-18H,9,11H2,1-6H3/b2*8-7-/t2*15-,17+,18+/m11/s1. The summed E-state index contributed by atoms with van der Waals surface area (Å²) in [5.74, 6) is 0.167. The maximum atomic E-state index is 12.5. The van der Waals surface area contributed by atoms with Crippen LogP contribution in [0.25, 0.3) is 0 Å². The highest BCUT2D eigenvalue weighted by Crippen LogP contribution is 2.61. The van der Waals surface area contributed by atoms with Gasteiger partial charge in [-0.15, -0.1) is 0 Å². The molecule has 0 bridgehead atoms. The van der Waals surface area contributed by atoms with E-state index in [-0.39, 0.29) is 70.2 Å². The SMILES string of the molecule is C/C=C\CC1=C(C)[C@@H](OC(=O)[C@@H]2[C@@H](C=C(C)C)C2(C)C)CC1=O.C/C=C\CC1=C(C)[C@@H](OC(=O)[C@@H]2[C@@H](C=C(C)C)C2(C)C)CC1=O. The lowest BCUT2D eigenvalue weighted by atomic mass is 10.1. The molecule has 6 atom stereocenters. The number of Topliss-reactive ketones (excluding diaryl/α,β-unsaturated/α-hetero) is 2. The summed E-state index contributed by atoms with van der Waals surface area (Å²) in [4.78, 5) is 49.3. The number of rotatable bonds is 10. The second-order valence-corrected chi connectivity index (χ2v) is 15.1. The molecular formula is C40H56O6. The van der Waals surface area contributed by atoms with Gasteiger partial charge in [-0.1, -0.05) is 75.3 Å². The van der Waals surface area contributed by atoms with Gasteiger partial charge in [-0.2, -0.15) is 0 Å². The van der Waals surface area contributed by atoms with E-state index >= 15 is 0 Å². The molecule has 2 fully saturated rings. The van der Waals surface area contributed by atoms with E-state index in [4.69, 9.17) is 9.47 Å².